The predicted molar refractivity (Wildman–Crippen MR) is 66.1 cm³/mol. The van der Waals surface area contributed by atoms with Crippen LogP contribution in [0.5, 0.6) is 0 Å². The van der Waals surface area contributed by atoms with Gasteiger partial charge >= 0.3 is 0 Å². The molecule has 0 aromatic heterocycles. The van der Waals surface area contributed by atoms with Crippen molar-refractivity contribution >= 4 is 0 Å². The Morgan fingerprint density at radius 3 is 2.13 bits per heavy atom. The van der Waals surface area contributed by atoms with Gasteiger partial charge in [-0.15, -0.1) is 0 Å². The second-order valence-electron chi connectivity index (χ2n) is 4.96. The van der Waals surface area contributed by atoms with E-state index in [4.69, 9.17) is 0 Å². The average molecular weight is 216 g/mol. The molecule has 0 rings (SSSR count). The Hall–Kier alpha value is -0.120. The molecule has 0 aromatic rings. The van der Waals surface area contributed by atoms with Crippen LogP contribution in [0, 0.1) is 5.92 Å². The van der Waals surface area contributed by atoms with Crippen LogP contribution < -0.4 is 5.32 Å². The van der Waals surface area contributed by atoms with Gasteiger partial charge in [0.25, 0.3) is 0 Å². The minimum absolute atomic E-state index is 0.258. The zero-order valence-corrected chi connectivity index (χ0v) is 11.0. The van der Waals surface area contributed by atoms with Crippen LogP contribution in [0.1, 0.15) is 34.6 Å². The Morgan fingerprint density at radius 1 is 1.13 bits per heavy atom. The summed E-state index contributed by atoms with van der Waals surface area (Å²) >= 11 is 0. The first-order chi connectivity index (χ1) is 6.95. The monoisotopic (exact) mass is 216 g/mol. The molecular formula is C12H28N2O. The zero-order chi connectivity index (χ0) is 11.8. The number of hydrogen-bond donors (Lipinski definition) is 2. The molecule has 15 heavy (non-hydrogen) atoms. The fourth-order valence-corrected chi connectivity index (χ4v) is 1.58. The van der Waals surface area contributed by atoms with E-state index in [-0.39, 0.29) is 6.10 Å². The molecule has 0 aromatic carbocycles. The molecule has 0 saturated heterocycles. The lowest BCUT2D eigenvalue weighted by Gasteiger charge is -2.25. The topological polar surface area (TPSA) is 35.5 Å². The van der Waals surface area contributed by atoms with E-state index in [0.717, 1.165) is 19.6 Å². The second-order valence-corrected chi connectivity index (χ2v) is 4.96. The van der Waals surface area contributed by atoms with Crippen molar-refractivity contribution in [3.8, 4) is 0 Å². The summed E-state index contributed by atoms with van der Waals surface area (Å²) in [6.07, 6.45) is -0.258. The summed E-state index contributed by atoms with van der Waals surface area (Å²) < 4.78 is 0. The molecule has 0 aliphatic carbocycles. The van der Waals surface area contributed by atoms with Crippen molar-refractivity contribution in [3.63, 3.8) is 0 Å². The summed E-state index contributed by atoms with van der Waals surface area (Å²) in [6.45, 7) is 14.3. The predicted octanol–water partition coefficient (Wildman–Crippen LogP) is 1.32. The smallest absolute Gasteiger partial charge is 0.0791 e. The molecule has 3 heteroatoms. The maximum absolute atomic E-state index is 9.81. The summed E-state index contributed by atoms with van der Waals surface area (Å²) in [5.41, 5.74) is 0. The molecule has 0 spiro atoms. The van der Waals surface area contributed by atoms with Crippen molar-refractivity contribution in [2.75, 3.05) is 26.2 Å². The summed E-state index contributed by atoms with van der Waals surface area (Å²) in [5.74, 6) is 0.662. The molecule has 1 atom stereocenters. The average Bonchev–Trinajstić information content (AvgIpc) is 2.13. The normalized spacial score (nSPS) is 14.2. The van der Waals surface area contributed by atoms with Crippen molar-refractivity contribution < 1.29 is 5.11 Å². The number of nitrogens with one attached hydrogen (secondary N) is 1. The highest BCUT2D eigenvalue weighted by Gasteiger charge is 2.11. The van der Waals surface area contributed by atoms with Gasteiger partial charge in [0.05, 0.1) is 6.10 Å². The highest BCUT2D eigenvalue weighted by Crippen LogP contribution is 1.99. The van der Waals surface area contributed by atoms with Gasteiger partial charge in [0.1, 0.15) is 0 Å². The number of hydrogen-bond acceptors (Lipinski definition) is 3. The molecular weight excluding hydrogens is 188 g/mol. The summed E-state index contributed by atoms with van der Waals surface area (Å²) in [7, 11) is 0. The maximum atomic E-state index is 9.81. The lowest BCUT2D eigenvalue weighted by atomic mass is 10.2. The van der Waals surface area contributed by atoms with E-state index in [1.165, 1.54) is 0 Å². The van der Waals surface area contributed by atoms with E-state index in [9.17, 15) is 5.11 Å². The number of nitrogens with zero attached hydrogens (tertiary/aromatic N) is 1. The van der Waals surface area contributed by atoms with E-state index >= 15 is 0 Å². The van der Waals surface area contributed by atoms with Crippen molar-refractivity contribution in [2.45, 2.75) is 46.8 Å². The second kappa shape index (κ2) is 8.08. The van der Waals surface area contributed by atoms with Crippen molar-refractivity contribution in [1.82, 2.24) is 10.2 Å². The maximum Gasteiger partial charge on any atom is 0.0791 e. The minimum atomic E-state index is -0.258. The van der Waals surface area contributed by atoms with Crippen LogP contribution in [0.15, 0.2) is 0 Å². The Bertz CT molecular complexity index is 149. The van der Waals surface area contributed by atoms with Gasteiger partial charge < -0.3 is 15.3 Å². The van der Waals surface area contributed by atoms with Gasteiger partial charge in [-0.3, -0.25) is 0 Å². The zero-order valence-electron chi connectivity index (χ0n) is 11.0. The van der Waals surface area contributed by atoms with Crippen LogP contribution in [0.4, 0.5) is 0 Å². The minimum Gasteiger partial charge on any atom is -0.390 e. The fraction of sp³-hybridized carbons (Fsp3) is 1.00. The van der Waals surface area contributed by atoms with Crippen molar-refractivity contribution in [2.24, 2.45) is 5.92 Å². The molecule has 3 nitrogen and oxygen atoms in total. The quantitative estimate of drug-likeness (QED) is 0.642. The third-order valence-electron chi connectivity index (χ3n) is 2.30. The van der Waals surface area contributed by atoms with Crippen LogP contribution in [0.25, 0.3) is 0 Å². The SMILES string of the molecule is CCN(CC(C)C)CC(O)CNC(C)C. The third kappa shape index (κ3) is 8.85. The summed E-state index contributed by atoms with van der Waals surface area (Å²) in [6, 6.07) is 0.444. The van der Waals surface area contributed by atoms with E-state index in [1.807, 2.05) is 0 Å². The lowest BCUT2D eigenvalue weighted by molar-refractivity contribution is 0.106. The van der Waals surface area contributed by atoms with Gasteiger partial charge in [0.15, 0.2) is 0 Å². The van der Waals surface area contributed by atoms with E-state index in [1.54, 1.807) is 0 Å². The highest BCUT2D eigenvalue weighted by molar-refractivity contribution is 4.68. The summed E-state index contributed by atoms with van der Waals surface area (Å²) in [5, 5.41) is 13.1. The molecule has 2 N–H and O–H groups in total. The number of rotatable bonds is 8. The van der Waals surface area contributed by atoms with Crippen LogP contribution in [0.3, 0.4) is 0 Å². The van der Waals surface area contributed by atoms with Gasteiger partial charge in [0.2, 0.25) is 0 Å². The first-order valence-corrected chi connectivity index (χ1v) is 6.09. The van der Waals surface area contributed by atoms with Gasteiger partial charge in [-0.05, 0) is 12.5 Å². The molecule has 0 amide bonds. The van der Waals surface area contributed by atoms with Gasteiger partial charge in [-0.1, -0.05) is 34.6 Å². The summed E-state index contributed by atoms with van der Waals surface area (Å²) in [4.78, 5) is 2.30. The van der Waals surface area contributed by atoms with Gasteiger partial charge in [-0.2, -0.15) is 0 Å². The van der Waals surface area contributed by atoms with Crippen LogP contribution in [-0.4, -0.2) is 48.3 Å². The molecule has 0 bridgehead atoms. The molecule has 0 fully saturated rings. The number of aliphatic hydroxyl groups is 1. The van der Waals surface area contributed by atoms with E-state index in [2.05, 4.69) is 44.8 Å². The molecule has 0 radical (unpaired) electrons. The molecule has 0 heterocycles. The fourth-order valence-electron chi connectivity index (χ4n) is 1.58. The molecule has 92 valence electrons. The van der Waals surface area contributed by atoms with Crippen LogP contribution in [0.2, 0.25) is 0 Å². The molecule has 0 saturated carbocycles. The standard InChI is InChI=1S/C12H28N2O/c1-6-14(8-10(2)3)9-12(15)7-13-11(4)5/h10-13,15H,6-9H2,1-5H3. The van der Waals surface area contributed by atoms with Crippen LogP contribution in [-0.2, 0) is 0 Å². The largest absolute Gasteiger partial charge is 0.390 e. The first-order valence-electron chi connectivity index (χ1n) is 6.09. The first kappa shape index (κ1) is 14.9. The van der Waals surface area contributed by atoms with E-state index < -0.39 is 0 Å². The number of aliphatic hydroxyl groups excluding tert-OH is 1. The number of likely N-dealkylation sites (N-methyl/N-ethyl adjacent to an activating group) is 1. The Labute approximate surface area is 94.9 Å². The Morgan fingerprint density at radius 2 is 1.73 bits per heavy atom. The van der Waals surface area contributed by atoms with Crippen molar-refractivity contribution in [3.05, 3.63) is 0 Å². The van der Waals surface area contributed by atoms with Gasteiger partial charge in [0, 0.05) is 25.7 Å². The molecule has 1 unspecified atom stereocenters. The third-order valence-corrected chi connectivity index (χ3v) is 2.30. The lowest BCUT2D eigenvalue weighted by Crippen LogP contribution is -2.41. The highest BCUT2D eigenvalue weighted by atomic mass is 16.3. The Kier molecular flexibility index (Phi) is 8.02. The van der Waals surface area contributed by atoms with Gasteiger partial charge in [-0.25, -0.2) is 0 Å². The molecule has 0 aliphatic rings. The Balaban J connectivity index is 3.74. The van der Waals surface area contributed by atoms with Crippen molar-refractivity contribution in [1.29, 1.82) is 0 Å². The molecule has 0 aliphatic heterocycles. The van der Waals surface area contributed by atoms with E-state index in [0.29, 0.717) is 18.5 Å². The van der Waals surface area contributed by atoms with Crippen LogP contribution >= 0.6 is 0 Å².